The summed E-state index contributed by atoms with van der Waals surface area (Å²) in [5.74, 6) is 0.0356. The molecule has 1 aromatic heterocycles. The minimum Gasteiger partial charge on any atom is -0.491 e. The summed E-state index contributed by atoms with van der Waals surface area (Å²) in [6, 6.07) is 9.59. The van der Waals surface area contributed by atoms with Gasteiger partial charge in [0.15, 0.2) is 11.3 Å². The normalized spacial score (nSPS) is 20.5. The first kappa shape index (κ1) is 19.1. The molecule has 0 spiro atoms. The molecule has 2 N–H and O–H groups in total. The summed E-state index contributed by atoms with van der Waals surface area (Å²) in [5.41, 5.74) is -0.552. The van der Waals surface area contributed by atoms with Crippen LogP contribution in [0, 0.1) is 0 Å². The van der Waals surface area contributed by atoms with E-state index in [9.17, 15) is 19.5 Å². The zero-order valence-electron chi connectivity index (χ0n) is 15.0. The van der Waals surface area contributed by atoms with Crippen molar-refractivity contribution in [2.45, 2.75) is 25.5 Å². The summed E-state index contributed by atoms with van der Waals surface area (Å²) in [4.78, 5) is 37.9. The smallest absolute Gasteiger partial charge is 0.325 e. The highest BCUT2D eigenvalue weighted by molar-refractivity contribution is 7.10. The van der Waals surface area contributed by atoms with Gasteiger partial charge in [-0.25, -0.2) is 4.79 Å². The Balaban J connectivity index is 1.59. The monoisotopic (exact) mass is 388 g/mol. The van der Waals surface area contributed by atoms with Gasteiger partial charge in [-0.15, -0.1) is 11.3 Å². The van der Waals surface area contributed by atoms with Crippen LogP contribution in [-0.4, -0.2) is 47.0 Å². The number of ether oxygens (including phenoxy) is 1. The molecule has 7 nitrogen and oxygen atoms in total. The highest BCUT2D eigenvalue weighted by atomic mass is 32.1. The second-order valence-electron chi connectivity index (χ2n) is 6.49. The molecule has 0 unspecified atom stereocenters. The Bertz CT molecular complexity index is 849. The van der Waals surface area contributed by atoms with Crippen LogP contribution in [0.15, 0.2) is 41.8 Å². The Kier molecular flexibility index (Phi) is 5.29. The van der Waals surface area contributed by atoms with Crippen LogP contribution in [0.4, 0.5) is 4.79 Å². The number of amides is 3. The van der Waals surface area contributed by atoms with Crippen molar-refractivity contribution in [2.75, 3.05) is 13.2 Å². The number of carbonyl (C=O) groups is 3. The summed E-state index contributed by atoms with van der Waals surface area (Å²) in [7, 11) is 0. The second kappa shape index (κ2) is 7.50. The summed E-state index contributed by atoms with van der Waals surface area (Å²) >= 11 is 1.38. The zero-order chi connectivity index (χ0) is 19.6. The van der Waals surface area contributed by atoms with Crippen LogP contribution in [0.2, 0.25) is 0 Å². The molecular weight excluding hydrogens is 368 g/mol. The molecule has 1 fully saturated rings. The molecule has 0 radical (unpaired) electrons. The molecule has 0 saturated carbocycles. The lowest BCUT2D eigenvalue weighted by Gasteiger charge is -2.21. The second-order valence-corrected chi connectivity index (χ2v) is 7.44. The third-order valence-electron chi connectivity index (χ3n) is 4.39. The number of nitrogens with one attached hydrogen (secondary N) is 1. The van der Waals surface area contributed by atoms with E-state index in [0.717, 1.165) is 9.78 Å². The standard InChI is InChI=1S/C19H20N2O5S/c1-12(22)13-5-7-15(8-6-13)26-11-14(23)10-21-17(24)19(2,20-18(21)25)16-4-3-9-27-16/h3-9,14,23H,10-11H2,1-2H3,(H,20,25)/t14-,19+/m0/s1. The number of ketones is 1. The maximum Gasteiger partial charge on any atom is 0.325 e. The molecule has 27 heavy (non-hydrogen) atoms. The fourth-order valence-electron chi connectivity index (χ4n) is 2.83. The van der Waals surface area contributed by atoms with Crippen LogP contribution in [0.1, 0.15) is 29.1 Å². The predicted molar refractivity (Wildman–Crippen MR) is 99.9 cm³/mol. The molecule has 1 aliphatic rings. The van der Waals surface area contributed by atoms with E-state index < -0.39 is 23.6 Å². The number of imide groups is 1. The molecule has 1 aromatic carbocycles. The van der Waals surface area contributed by atoms with Crippen LogP contribution in [0.3, 0.4) is 0 Å². The first-order valence-electron chi connectivity index (χ1n) is 8.41. The SMILES string of the molecule is CC(=O)c1ccc(OC[C@@H](O)CN2C(=O)N[C@](C)(c3cccs3)C2=O)cc1. The minimum absolute atomic E-state index is 0.0473. The van der Waals surface area contributed by atoms with Crippen LogP contribution >= 0.6 is 11.3 Å². The first-order valence-corrected chi connectivity index (χ1v) is 9.29. The molecule has 3 amide bonds. The average molecular weight is 388 g/mol. The van der Waals surface area contributed by atoms with Gasteiger partial charge >= 0.3 is 6.03 Å². The Hall–Kier alpha value is -2.71. The van der Waals surface area contributed by atoms with Crippen LogP contribution in [0.5, 0.6) is 5.75 Å². The lowest BCUT2D eigenvalue weighted by atomic mass is 10.0. The van der Waals surface area contributed by atoms with Crippen molar-refractivity contribution in [3.05, 3.63) is 52.2 Å². The lowest BCUT2D eigenvalue weighted by Crippen LogP contribution is -2.42. The number of β-amino-alcohol motifs (C(OH)–C–C–N with tert-alkyl or cyclic N) is 1. The van der Waals surface area contributed by atoms with Gasteiger partial charge in [0.2, 0.25) is 0 Å². The predicted octanol–water partition coefficient (Wildman–Crippen LogP) is 2.16. The van der Waals surface area contributed by atoms with Gasteiger partial charge in [0, 0.05) is 10.4 Å². The van der Waals surface area contributed by atoms with E-state index in [2.05, 4.69) is 5.32 Å². The van der Waals surface area contributed by atoms with Gasteiger partial charge in [0.25, 0.3) is 5.91 Å². The van der Waals surface area contributed by atoms with Gasteiger partial charge in [-0.1, -0.05) is 6.07 Å². The number of hydrogen-bond acceptors (Lipinski definition) is 6. The number of aliphatic hydroxyl groups excluding tert-OH is 1. The van der Waals surface area contributed by atoms with Gasteiger partial charge < -0.3 is 15.2 Å². The number of Topliss-reactive ketones (excluding diaryl/α,β-unsaturated/α-hetero) is 1. The van der Waals surface area contributed by atoms with Crippen molar-refractivity contribution < 1.29 is 24.2 Å². The van der Waals surface area contributed by atoms with Crippen molar-refractivity contribution in [1.29, 1.82) is 0 Å². The van der Waals surface area contributed by atoms with Gasteiger partial charge in [0.05, 0.1) is 6.54 Å². The van der Waals surface area contributed by atoms with E-state index in [1.54, 1.807) is 37.3 Å². The van der Waals surface area contributed by atoms with Gasteiger partial charge in [-0.3, -0.25) is 14.5 Å². The fraction of sp³-hybridized carbons (Fsp3) is 0.316. The Labute approximate surface area is 160 Å². The fourth-order valence-corrected chi connectivity index (χ4v) is 3.67. The first-order chi connectivity index (χ1) is 12.8. The van der Waals surface area contributed by atoms with Crippen molar-refractivity contribution in [3.8, 4) is 5.75 Å². The quantitative estimate of drug-likeness (QED) is 0.560. The number of urea groups is 1. The number of aliphatic hydroxyl groups is 1. The van der Waals surface area contributed by atoms with Gasteiger partial charge in [0.1, 0.15) is 18.5 Å². The number of carbonyl (C=O) groups excluding carboxylic acids is 3. The van der Waals surface area contributed by atoms with Gasteiger partial charge in [-0.05, 0) is 49.6 Å². The Morgan fingerprint density at radius 3 is 2.59 bits per heavy atom. The van der Waals surface area contributed by atoms with E-state index in [0.29, 0.717) is 11.3 Å². The van der Waals surface area contributed by atoms with Crippen molar-refractivity contribution in [2.24, 2.45) is 0 Å². The molecule has 0 bridgehead atoms. The van der Waals surface area contributed by atoms with E-state index in [1.807, 2.05) is 11.4 Å². The highest BCUT2D eigenvalue weighted by Crippen LogP contribution is 2.31. The molecule has 142 valence electrons. The zero-order valence-corrected chi connectivity index (χ0v) is 15.8. The van der Waals surface area contributed by atoms with Crippen molar-refractivity contribution in [3.63, 3.8) is 0 Å². The number of nitrogens with zero attached hydrogens (tertiary/aromatic N) is 1. The molecule has 1 saturated heterocycles. The molecule has 2 heterocycles. The number of rotatable bonds is 7. The molecule has 2 aromatic rings. The Morgan fingerprint density at radius 1 is 1.30 bits per heavy atom. The molecular formula is C19H20N2O5S. The van der Waals surface area contributed by atoms with E-state index in [4.69, 9.17) is 4.74 Å². The summed E-state index contributed by atoms with van der Waals surface area (Å²) < 4.78 is 5.48. The average Bonchev–Trinajstić information content (AvgIpc) is 3.25. The topological polar surface area (TPSA) is 95.9 Å². The van der Waals surface area contributed by atoms with Crippen molar-refractivity contribution in [1.82, 2.24) is 10.2 Å². The van der Waals surface area contributed by atoms with Crippen molar-refractivity contribution >= 4 is 29.1 Å². The van der Waals surface area contributed by atoms with Crippen LogP contribution in [-0.2, 0) is 10.3 Å². The summed E-state index contributed by atoms with van der Waals surface area (Å²) in [6.07, 6.45) is -1.04. The highest BCUT2D eigenvalue weighted by Gasteiger charge is 2.49. The molecule has 8 heteroatoms. The molecule has 1 aliphatic heterocycles. The maximum atomic E-state index is 12.7. The molecule has 2 atom stereocenters. The summed E-state index contributed by atoms with van der Waals surface area (Å²) in [6.45, 7) is 2.86. The Morgan fingerprint density at radius 2 is 2.00 bits per heavy atom. The number of thiophene rings is 1. The maximum absolute atomic E-state index is 12.7. The van der Waals surface area contributed by atoms with Crippen LogP contribution in [0.25, 0.3) is 0 Å². The number of benzene rings is 1. The molecule has 3 rings (SSSR count). The van der Waals surface area contributed by atoms with E-state index in [1.165, 1.54) is 18.3 Å². The third kappa shape index (κ3) is 3.86. The minimum atomic E-state index is -1.12. The van der Waals surface area contributed by atoms with E-state index in [-0.39, 0.29) is 18.9 Å². The largest absolute Gasteiger partial charge is 0.491 e. The lowest BCUT2D eigenvalue weighted by molar-refractivity contribution is -0.132. The molecule has 0 aliphatic carbocycles. The number of hydrogen-bond donors (Lipinski definition) is 2. The third-order valence-corrected chi connectivity index (χ3v) is 5.48. The van der Waals surface area contributed by atoms with Crippen LogP contribution < -0.4 is 10.1 Å². The summed E-state index contributed by atoms with van der Waals surface area (Å²) in [5, 5.41) is 14.7. The van der Waals surface area contributed by atoms with Gasteiger partial charge in [-0.2, -0.15) is 0 Å². The van der Waals surface area contributed by atoms with E-state index >= 15 is 0 Å².